The number of nitrogens with two attached hydrogens (primary N) is 1. The van der Waals surface area contributed by atoms with Crippen molar-refractivity contribution in [3.05, 3.63) is 69.2 Å². The molecule has 0 bridgehead atoms. The van der Waals surface area contributed by atoms with Gasteiger partial charge < -0.3 is 10.6 Å². The van der Waals surface area contributed by atoms with Crippen LogP contribution in [0.2, 0.25) is 5.02 Å². The molecule has 6 heteroatoms. The van der Waals surface area contributed by atoms with E-state index in [4.69, 9.17) is 22.2 Å². The quantitative estimate of drug-likeness (QED) is 0.397. The molecule has 2 rings (SSSR count). The normalized spacial score (nSPS) is 11.2. The summed E-state index contributed by atoms with van der Waals surface area (Å²) in [5.41, 5.74) is 6.75. The average Bonchev–Trinajstić information content (AvgIpc) is 2.45. The Bertz CT molecular complexity index is 656. The van der Waals surface area contributed by atoms with Crippen LogP contribution in [0.5, 0.6) is 0 Å². The van der Waals surface area contributed by atoms with Gasteiger partial charge in [-0.3, -0.25) is 0 Å². The second-order valence-electron chi connectivity index (χ2n) is 3.87. The first-order valence-electron chi connectivity index (χ1n) is 5.62. The molecule has 0 aliphatic heterocycles. The van der Waals surface area contributed by atoms with Gasteiger partial charge in [-0.05, 0) is 36.4 Å². The van der Waals surface area contributed by atoms with Crippen LogP contribution < -0.4 is 5.73 Å². The molecule has 0 atom stereocenters. The minimum absolute atomic E-state index is 0.119. The van der Waals surface area contributed by atoms with E-state index < -0.39 is 5.97 Å². The second-order valence-corrected chi connectivity index (χ2v) is 5.22. The Balaban J connectivity index is 2.08. The molecule has 0 heterocycles. The SMILES string of the molecule is NC(=NOC(=O)c1ccc(Cl)cc1)c1cccc(Br)c1. The van der Waals surface area contributed by atoms with Gasteiger partial charge in [0, 0.05) is 15.1 Å². The van der Waals surface area contributed by atoms with Crippen molar-refractivity contribution in [1.29, 1.82) is 0 Å². The predicted molar refractivity (Wildman–Crippen MR) is 81.7 cm³/mol. The number of amidine groups is 1. The molecular formula is C14H10BrClN2O2. The lowest BCUT2D eigenvalue weighted by molar-refractivity contribution is 0.0516. The third-order valence-electron chi connectivity index (χ3n) is 2.43. The number of nitrogens with zero attached hydrogens (tertiary/aromatic N) is 1. The highest BCUT2D eigenvalue weighted by Crippen LogP contribution is 2.12. The lowest BCUT2D eigenvalue weighted by Crippen LogP contribution is -2.15. The number of hydrogen-bond acceptors (Lipinski definition) is 3. The number of benzene rings is 2. The molecule has 0 amide bonds. The van der Waals surface area contributed by atoms with Gasteiger partial charge in [0.25, 0.3) is 0 Å². The molecule has 2 aromatic rings. The standard InChI is InChI=1S/C14H10BrClN2O2/c15-11-3-1-2-10(8-11)13(17)18-20-14(19)9-4-6-12(16)7-5-9/h1-8H,(H2,17,18). The van der Waals surface area contributed by atoms with Crippen LogP contribution in [0.1, 0.15) is 15.9 Å². The predicted octanol–water partition coefficient (Wildman–Crippen LogP) is 3.58. The summed E-state index contributed by atoms with van der Waals surface area (Å²) in [7, 11) is 0. The molecule has 2 aromatic carbocycles. The summed E-state index contributed by atoms with van der Waals surface area (Å²) in [4.78, 5) is 16.5. The molecule has 0 fully saturated rings. The summed E-state index contributed by atoms with van der Waals surface area (Å²) in [6, 6.07) is 13.5. The van der Waals surface area contributed by atoms with Crippen LogP contribution in [0.4, 0.5) is 0 Å². The zero-order valence-electron chi connectivity index (χ0n) is 10.2. The molecule has 0 aliphatic carbocycles. The van der Waals surface area contributed by atoms with E-state index in [0.717, 1.165) is 4.47 Å². The fraction of sp³-hybridized carbons (Fsp3) is 0. The molecule has 0 saturated carbocycles. The van der Waals surface area contributed by atoms with E-state index in [2.05, 4.69) is 21.1 Å². The number of carbonyl (C=O) groups excluding carboxylic acids is 1. The molecule has 0 saturated heterocycles. The van der Waals surface area contributed by atoms with Gasteiger partial charge in [-0.15, -0.1) is 0 Å². The van der Waals surface area contributed by atoms with Gasteiger partial charge in [-0.25, -0.2) is 4.79 Å². The number of hydrogen-bond donors (Lipinski definition) is 1. The van der Waals surface area contributed by atoms with Crippen LogP contribution in [-0.2, 0) is 4.84 Å². The summed E-state index contributed by atoms with van der Waals surface area (Å²) >= 11 is 9.06. The minimum Gasteiger partial charge on any atom is -0.380 e. The Morgan fingerprint density at radius 1 is 1.15 bits per heavy atom. The van der Waals surface area contributed by atoms with Crippen LogP contribution in [0.3, 0.4) is 0 Å². The van der Waals surface area contributed by atoms with Gasteiger partial charge in [0.05, 0.1) is 5.56 Å². The van der Waals surface area contributed by atoms with Crippen molar-refractivity contribution in [2.75, 3.05) is 0 Å². The molecule has 0 unspecified atom stereocenters. The van der Waals surface area contributed by atoms with Gasteiger partial charge in [0.1, 0.15) is 0 Å². The Kier molecular flexibility index (Phi) is 4.76. The molecule has 0 spiro atoms. The average molecular weight is 354 g/mol. The third-order valence-corrected chi connectivity index (χ3v) is 3.17. The largest absolute Gasteiger partial charge is 0.380 e. The van der Waals surface area contributed by atoms with E-state index in [-0.39, 0.29) is 5.84 Å². The highest BCUT2D eigenvalue weighted by atomic mass is 79.9. The first-order chi connectivity index (χ1) is 9.56. The Hall–Kier alpha value is -1.85. The number of oxime groups is 1. The summed E-state index contributed by atoms with van der Waals surface area (Å²) in [5.74, 6) is -0.478. The van der Waals surface area contributed by atoms with Crippen LogP contribution in [-0.4, -0.2) is 11.8 Å². The third kappa shape index (κ3) is 3.82. The number of halogens is 2. The van der Waals surface area contributed by atoms with Crippen molar-refractivity contribution >= 4 is 39.3 Å². The molecule has 0 aliphatic rings. The van der Waals surface area contributed by atoms with E-state index in [1.165, 1.54) is 0 Å². The van der Waals surface area contributed by atoms with E-state index in [9.17, 15) is 4.79 Å². The Morgan fingerprint density at radius 2 is 1.85 bits per heavy atom. The molecule has 2 N–H and O–H groups in total. The van der Waals surface area contributed by atoms with Crippen LogP contribution in [0.15, 0.2) is 58.2 Å². The fourth-order valence-corrected chi connectivity index (χ4v) is 1.96. The summed E-state index contributed by atoms with van der Waals surface area (Å²) in [5, 5.41) is 4.17. The number of rotatable bonds is 3. The van der Waals surface area contributed by atoms with Crippen molar-refractivity contribution in [3.8, 4) is 0 Å². The lowest BCUT2D eigenvalue weighted by atomic mass is 10.2. The van der Waals surface area contributed by atoms with Gasteiger partial charge in [0.2, 0.25) is 0 Å². The highest BCUT2D eigenvalue weighted by Gasteiger charge is 2.07. The van der Waals surface area contributed by atoms with Crippen LogP contribution in [0.25, 0.3) is 0 Å². The molecule has 0 aromatic heterocycles. The fourth-order valence-electron chi connectivity index (χ4n) is 1.43. The summed E-state index contributed by atoms with van der Waals surface area (Å²) in [6.45, 7) is 0. The second kappa shape index (κ2) is 6.54. The lowest BCUT2D eigenvalue weighted by Gasteiger charge is -2.02. The highest BCUT2D eigenvalue weighted by molar-refractivity contribution is 9.10. The van der Waals surface area contributed by atoms with Crippen molar-refractivity contribution in [3.63, 3.8) is 0 Å². The molecular weight excluding hydrogens is 344 g/mol. The van der Waals surface area contributed by atoms with Crippen LogP contribution in [0, 0.1) is 0 Å². The van der Waals surface area contributed by atoms with Gasteiger partial charge in [-0.2, -0.15) is 0 Å². The maximum atomic E-state index is 11.7. The number of carbonyl (C=O) groups is 1. The minimum atomic E-state index is -0.598. The van der Waals surface area contributed by atoms with E-state index in [0.29, 0.717) is 16.1 Å². The zero-order chi connectivity index (χ0) is 14.5. The van der Waals surface area contributed by atoms with Crippen molar-refractivity contribution in [2.45, 2.75) is 0 Å². The summed E-state index contributed by atoms with van der Waals surface area (Å²) in [6.07, 6.45) is 0. The molecule has 102 valence electrons. The van der Waals surface area contributed by atoms with E-state index >= 15 is 0 Å². The first kappa shape index (κ1) is 14.6. The zero-order valence-corrected chi connectivity index (χ0v) is 12.6. The maximum Gasteiger partial charge on any atom is 0.365 e. The Labute approximate surface area is 129 Å². The van der Waals surface area contributed by atoms with Gasteiger partial charge in [0.15, 0.2) is 5.84 Å². The monoisotopic (exact) mass is 352 g/mol. The van der Waals surface area contributed by atoms with Gasteiger partial charge >= 0.3 is 5.97 Å². The van der Waals surface area contributed by atoms with Crippen molar-refractivity contribution in [1.82, 2.24) is 0 Å². The van der Waals surface area contributed by atoms with Crippen molar-refractivity contribution < 1.29 is 9.63 Å². The molecule has 0 radical (unpaired) electrons. The summed E-state index contributed by atoms with van der Waals surface area (Å²) < 4.78 is 0.858. The van der Waals surface area contributed by atoms with E-state index in [1.54, 1.807) is 36.4 Å². The van der Waals surface area contributed by atoms with Crippen LogP contribution >= 0.6 is 27.5 Å². The topological polar surface area (TPSA) is 64.7 Å². The Morgan fingerprint density at radius 3 is 2.50 bits per heavy atom. The maximum absolute atomic E-state index is 11.7. The first-order valence-corrected chi connectivity index (χ1v) is 6.79. The van der Waals surface area contributed by atoms with E-state index in [1.807, 2.05) is 12.1 Å². The van der Waals surface area contributed by atoms with Gasteiger partial charge in [-0.1, -0.05) is 44.8 Å². The van der Waals surface area contributed by atoms with Crippen molar-refractivity contribution in [2.24, 2.45) is 10.9 Å². The smallest absolute Gasteiger partial charge is 0.365 e. The molecule has 20 heavy (non-hydrogen) atoms. The molecule has 4 nitrogen and oxygen atoms in total.